The van der Waals surface area contributed by atoms with Crippen molar-refractivity contribution in [1.29, 1.82) is 0 Å². The van der Waals surface area contributed by atoms with E-state index in [1.54, 1.807) is 24.3 Å². The molecular formula is C24H15F3N2O6. The highest BCUT2D eigenvalue weighted by Gasteiger charge is 2.47. The van der Waals surface area contributed by atoms with Crippen molar-refractivity contribution in [1.82, 2.24) is 4.98 Å². The number of nitrogens with zero attached hydrogens (tertiary/aromatic N) is 2. The molecule has 1 fully saturated rings. The van der Waals surface area contributed by atoms with Crippen molar-refractivity contribution < 1.29 is 42.1 Å². The Morgan fingerprint density at radius 2 is 1.77 bits per heavy atom. The third kappa shape index (κ3) is 4.12. The molecule has 1 atom stereocenters. The molecule has 1 amide bonds. The zero-order valence-electron chi connectivity index (χ0n) is 17.7. The Kier molecular flexibility index (Phi) is 5.31. The van der Waals surface area contributed by atoms with Crippen molar-refractivity contribution in [2.24, 2.45) is 0 Å². The minimum atomic E-state index is -4.89. The minimum Gasteiger partial charge on any atom is -0.507 e. The number of hydrogen-bond donors (Lipinski definition) is 1. The number of rotatable bonds is 4. The van der Waals surface area contributed by atoms with Crippen LogP contribution < -0.4 is 19.1 Å². The van der Waals surface area contributed by atoms with Crippen molar-refractivity contribution in [2.75, 3.05) is 11.7 Å². The van der Waals surface area contributed by atoms with Crippen LogP contribution in [-0.4, -0.2) is 34.9 Å². The van der Waals surface area contributed by atoms with Gasteiger partial charge in [-0.2, -0.15) is 0 Å². The molecule has 11 heteroatoms. The first-order valence-electron chi connectivity index (χ1n) is 10.2. The van der Waals surface area contributed by atoms with Crippen molar-refractivity contribution in [3.8, 4) is 17.2 Å². The fraction of sp³-hybridized carbons (Fsp3) is 0.125. The Hall–Kier alpha value is -4.54. The molecule has 0 bridgehead atoms. The zero-order valence-corrected chi connectivity index (χ0v) is 17.7. The second-order valence-corrected chi connectivity index (χ2v) is 7.53. The van der Waals surface area contributed by atoms with Crippen LogP contribution in [0.25, 0.3) is 5.76 Å². The summed E-state index contributed by atoms with van der Waals surface area (Å²) in [7, 11) is 0. The van der Waals surface area contributed by atoms with Gasteiger partial charge in [-0.15, -0.1) is 13.2 Å². The van der Waals surface area contributed by atoms with E-state index in [0.29, 0.717) is 11.5 Å². The van der Waals surface area contributed by atoms with E-state index in [0.717, 1.165) is 17.0 Å². The number of ketones is 1. The maximum Gasteiger partial charge on any atom is 0.573 e. The summed E-state index contributed by atoms with van der Waals surface area (Å²) in [5, 5.41) is 11.1. The standard InChI is InChI=1S/C24H15F3N2O6/c25-24(26,27)35-15-7-5-14(6-8-15)29-20(16-3-1-2-10-28-16)19(22(31)23(29)32)21(30)13-4-9-17-18(11-13)34-12-33-17/h1-11,20,30H,12H2/b21-19-. The largest absolute Gasteiger partial charge is 0.573 e. The third-order valence-electron chi connectivity index (χ3n) is 5.41. The number of pyridine rings is 1. The number of carbonyl (C=O) groups excluding carboxylic acids is 2. The number of ether oxygens (including phenoxy) is 3. The van der Waals surface area contributed by atoms with Gasteiger partial charge in [0.25, 0.3) is 11.7 Å². The van der Waals surface area contributed by atoms with Crippen LogP contribution in [0.2, 0.25) is 0 Å². The summed E-state index contributed by atoms with van der Waals surface area (Å²) in [6.45, 7) is 0.00588. The molecule has 35 heavy (non-hydrogen) atoms. The van der Waals surface area contributed by atoms with Gasteiger partial charge in [0.1, 0.15) is 17.6 Å². The zero-order chi connectivity index (χ0) is 24.7. The van der Waals surface area contributed by atoms with Gasteiger partial charge in [-0.05, 0) is 54.6 Å². The third-order valence-corrected chi connectivity index (χ3v) is 5.41. The number of fused-ring (bicyclic) bond motifs is 1. The van der Waals surface area contributed by atoms with E-state index in [-0.39, 0.29) is 29.3 Å². The fourth-order valence-electron chi connectivity index (χ4n) is 3.92. The predicted molar refractivity (Wildman–Crippen MR) is 115 cm³/mol. The molecule has 5 rings (SSSR count). The Balaban J connectivity index is 1.61. The molecule has 0 saturated carbocycles. The summed E-state index contributed by atoms with van der Waals surface area (Å²) in [5.74, 6) is -2.09. The van der Waals surface area contributed by atoms with Gasteiger partial charge in [0.05, 0.1) is 11.3 Å². The number of alkyl halides is 3. The maximum atomic E-state index is 13.1. The van der Waals surface area contributed by atoms with Crippen molar-refractivity contribution in [2.45, 2.75) is 12.4 Å². The molecule has 3 heterocycles. The molecule has 8 nitrogen and oxygen atoms in total. The van der Waals surface area contributed by atoms with Gasteiger partial charge < -0.3 is 19.3 Å². The van der Waals surface area contributed by atoms with Gasteiger partial charge >= 0.3 is 6.36 Å². The van der Waals surface area contributed by atoms with Gasteiger partial charge in [0, 0.05) is 17.4 Å². The summed E-state index contributed by atoms with van der Waals surface area (Å²) < 4.78 is 52.1. The van der Waals surface area contributed by atoms with Crippen LogP contribution >= 0.6 is 0 Å². The van der Waals surface area contributed by atoms with E-state index in [2.05, 4.69) is 9.72 Å². The summed E-state index contributed by atoms with van der Waals surface area (Å²) in [5.41, 5.74) is 0.358. The van der Waals surface area contributed by atoms with Gasteiger partial charge in [-0.3, -0.25) is 19.5 Å². The molecule has 0 aliphatic carbocycles. The second kappa shape index (κ2) is 8.35. The first-order chi connectivity index (χ1) is 16.7. The molecule has 178 valence electrons. The van der Waals surface area contributed by atoms with Crippen LogP contribution in [-0.2, 0) is 9.59 Å². The Morgan fingerprint density at radius 1 is 1.03 bits per heavy atom. The Labute approximate surface area is 195 Å². The van der Waals surface area contributed by atoms with Gasteiger partial charge in [0.2, 0.25) is 6.79 Å². The molecule has 1 unspecified atom stereocenters. The fourth-order valence-corrected chi connectivity index (χ4v) is 3.92. The highest BCUT2D eigenvalue weighted by Crippen LogP contribution is 2.43. The molecule has 2 aliphatic heterocycles. The number of carbonyl (C=O) groups is 2. The number of amides is 1. The Morgan fingerprint density at radius 3 is 2.46 bits per heavy atom. The van der Waals surface area contributed by atoms with E-state index in [9.17, 15) is 27.9 Å². The van der Waals surface area contributed by atoms with Gasteiger partial charge in [0.15, 0.2) is 11.5 Å². The number of halogens is 3. The van der Waals surface area contributed by atoms with Crippen molar-refractivity contribution >= 4 is 23.1 Å². The summed E-state index contributed by atoms with van der Waals surface area (Å²) >= 11 is 0. The second-order valence-electron chi connectivity index (χ2n) is 7.53. The first-order valence-corrected chi connectivity index (χ1v) is 10.2. The van der Waals surface area contributed by atoms with Crippen LogP contribution in [0.1, 0.15) is 17.3 Å². The summed E-state index contributed by atoms with van der Waals surface area (Å²) in [6, 6.07) is 12.7. The number of benzene rings is 2. The number of aliphatic hydroxyl groups is 1. The topological polar surface area (TPSA) is 98.2 Å². The highest BCUT2D eigenvalue weighted by molar-refractivity contribution is 6.51. The number of Topliss-reactive ketones (excluding diaryl/α,β-unsaturated/α-hetero) is 1. The Bertz CT molecular complexity index is 1340. The lowest BCUT2D eigenvalue weighted by Gasteiger charge is -2.24. The van der Waals surface area contributed by atoms with Gasteiger partial charge in [-0.25, -0.2) is 0 Å². The van der Waals surface area contributed by atoms with Crippen LogP contribution in [0, 0.1) is 0 Å². The molecule has 3 aromatic rings. The lowest BCUT2D eigenvalue weighted by molar-refractivity contribution is -0.274. The first kappa shape index (κ1) is 22.3. The van der Waals surface area contributed by atoms with Gasteiger partial charge in [-0.1, -0.05) is 6.07 Å². The number of aliphatic hydroxyl groups excluding tert-OH is 1. The quantitative estimate of drug-likeness (QED) is 0.334. The normalized spacial score (nSPS) is 18.7. The monoisotopic (exact) mass is 484 g/mol. The van der Waals surface area contributed by atoms with E-state index in [1.165, 1.54) is 30.5 Å². The molecule has 2 aromatic carbocycles. The molecule has 1 saturated heterocycles. The molecular weight excluding hydrogens is 469 g/mol. The van der Waals surface area contributed by atoms with E-state index in [1.807, 2.05) is 0 Å². The van der Waals surface area contributed by atoms with Crippen LogP contribution in [0.5, 0.6) is 17.2 Å². The SMILES string of the molecule is O=C1C(=O)N(c2ccc(OC(F)(F)F)cc2)C(c2ccccn2)/C1=C(/O)c1ccc2c(c1)OCO2. The number of hydrogen-bond acceptors (Lipinski definition) is 7. The predicted octanol–water partition coefficient (Wildman–Crippen LogP) is 4.34. The average Bonchev–Trinajstić information content (AvgIpc) is 3.41. The molecule has 1 aromatic heterocycles. The number of aromatic nitrogens is 1. The lowest BCUT2D eigenvalue weighted by Crippen LogP contribution is -2.29. The summed E-state index contributed by atoms with van der Waals surface area (Å²) in [4.78, 5) is 31.5. The molecule has 2 aliphatic rings. The van der Waals surface area contributed by atoms with Crippen LogP contribution in [0.4, 0.5) is 18.9 Å². The number of anilines is 1. The smallest absolute Gasteiger partial charge is 0.507 e. The van der Waals surface area contributed by atoms with E-state index >= 15 is 0 Å². The van der Waals surface area contributed by atoms with E-state index < -0.39 is 35.6 Å². The lowest BCUT2D eigenvalue weighted by atomic mass is 9.98. The highest BCUT2D eigenvalue weighted by atomic mass is 19.4. The van der Waals surface area contributed by atoms with Crippen molar-refractivity contribution in [3.63, 3.8) is 0 Å². The minimum absolute atomic E-state index is 0.00588. The average molecular weight is 484 g/mol. The molecule has 0 spiro atoms. The maximum absolute atomic E-state index is 13.1. The van der Waals surface area contributed by atoms with Crippen LogP contribution in [0.3, 0.4) is 0 Å². The van der Waals surface area contributed by atoms with Crippen molar-refractivity contribution in [3.05, 3.63) is 83.7 Å². The molecule has 1 N–H and O–H groups in total. The van der Waals surface area contributed by atoms with E-state index in [4.69, 9.17) is 9.47 Å². The van der Waals surface area contributed by atoms with Crippen LogP contribution in [0.15, 0.2) is 72.4 Å². The summed E-state index contributed by atoms with van der Waals surface area (Å²) in [6.07, 6.45) is -3.43. The molecule has 0 radical (unpaired) electrons.